The average molecular weight is 384 g/mol. The fraction of sp³-hybridized carbons (Fsp3) is 0.333. The molecular formula is C21H28N4O3. The van der Waals surface area contributed by atoms with Gasteiger partial charge in [-0.15, -0.1) is 0 Å². The van der Waals surface area contributed by atoms with Crippen LogP contribution < -0.4 is 25.4 Å². The third-order valence-electron chi connectivity index (χ3n) is 4.00. The first-order chi connectivity index (χ1) is 13.7. The van der Waals surface area contributed by atoms with E-state index in [-0.39, 0.29) is 5.91 Å². The summed E-state index contributed by atoms with van der Waals surface area (Å²) in [7, 11) is 3.30. The van der Waals surface area contributed by atoms with E-state index in [2.05, 4.69) is 20.9 Å². The molecule has 0 aromatic heterocycles. The molecule has 0 aliphatic rings. The van der Waals surface area contributed by atoms with Crippen LogP contribution in [0.3, 0.4) is 0 Å². The second-order valence-electron chi connectivity index (χ2n) is 5.88. The molecule has 3 N–H and O–H groups in total. The first-order valence-electron chi connectivity index (χ1n) is 9.25. The van der Waals surface area contributed by atoms with Crippen molar-refractivity contribution < 1.29 is 14.3 Å². The molecule has 150 valence electrons. The molecule has 0 radical (unpaired) electrons. The van der Waals surface area contributed by atoms with Gasteiger partial charge in [-0.2, -0.15) is 0 Å². The third-order valence-corrected chi connectivity index (χ3v) is 4.00. The minimum absolute atomic E-state index is 0.127. The summed E-state index contributed by atoms with van der Waals surface area (Å²) in [6, 6.07) is 14.9. The maximum atomic E-state index is 12.1. The molecule has 2 aromatic carbocycles. The number of nitrogens with one attached hydrogen (secondary N) is 3. The van der Waals surface area contributed by atoms with Crippen molar-refractivity contribution in [1.82, 2.24) is 16.0 Å². The van der Waals surface area contributed by atoms with Crippen LogP contribution in [0.2, 0.25) is 0 Å². The molecule has 0 atom stereocenters. The molecule has 0 spiro atoms. The number of ether oxygens (including phenoxy) is 2. The van der Waals surface area contributed by atoms with E-state index in [1.54, 1.807) is 38.4 Å². The second kappa shape index (κ2) is 11.5. The van der Waals surface area contributed by atoms with Crippen LogP contribution in [0.5, 0.6) is 11.5 Å². The van der Waals surface area contributed by atoms with Gasteiger partial charge in [0.1, 0.15) is 11.5 Å². The van der Waals surface area contributed by atoms with Crippen LogP contribution in [0.25, 0.3) is 0 Å². The Labute approximate surface area is 166 Å². The smallest absolute Gasteiger partial charge is 0.251 e. The minimum Gasteiger partial charge on any atom is -0.497 e. The Balaban J connectivity index is 1.74. The monoisotopic (exact) mass is 384 g/mol. The fourth-order valence-corrected chi connectivity index (χ4v) is 2.55. The Bertz CT molecular complexity index is 775. The van der Waals surface area contributed by atoms with Crippen molar-refractivity contribution in [2.45, 2.75) is 13.5 Å². The van der Waals surface area contributed by atoms with E-state index in [0.29, 0.717) is 37.8 Å². The standard InChI is InChI=1S/C21H28N4O3/c1-4-28-19-8-6-5-7-17(19)15-25-21(22-2)24-14-13-23-20(26)16-9-11-18(27-3)12-10-16/h5-12H,4,13-15H2,1-3H3,(H,23,26)(H2,22,24,25). The molecule has 0 fully saturated rings. The number of para-hydroxylation sites is 1. The van der Waals surface area contributed by atoms with E-state index in [9.17, 15) is 4.79 Å². The third kappa shape index (κ3) is 6.50. The van der Waals surface area contributed by atoms with Crippen LogP contribution in [0, 0.1) is 0 Å². The number of hydrogen-bond acceptors (Lipinski definition) is 4. The normalized spacial score (nSPS) is 10.9. The molecule has 7 heteroatoms. The first-order valence-corrected chi connectivity index (χ1v) is 9.25. The fourth-order valence-electron chi connectivity index (χ4n) is 2.55. The van der Waals surface area contributed by atoms with E-state index in [4.69, 9.17) is 9.47 Å². The van der Waals surface area contributed by atoms with Crippen LogP contribution in [0.1, 0.15) is 22.8 Å². The average Bonchev–Trinajstić information content (AvgIpc) is 2.74. The summed E-state index contributed by atoms with van der Waals surface area (Å²) in [6.45, 7) is 4.20. The Kier molecular flexibility index (Phi) is 8.65. The lowest BCUT2D eigenvalue weighted by Gasteiger charge is -2.14. The maximum absolute atomic E-state index is 12.1. The highest BCUT2D eigenvalue weighted by Crippen LogP contribution is 2.17. The van der Waals surface area contributed by atoms with Crippen molar-refractivity contribution >= 4 is 11.9 Å². The number of aliphatic imine (C=N–C) groups is 1. The van der Waals surface area contributed by atoms with E-state index in [1.807, 2.05) is 31.2 Å². The number of nitrogens with zero attached hydrogens (tertiary/aromatic N) is 1. The minimum atomic E-state index is -0.127. The molecule has 0 unspecified atom stereocenters. The Morgan fingerprint density at radius 2 is 1.71 bits per heavy atom. The number of hydrogen-bond donors (Lipinski definition) is 3. The highest BCUT2D eigenvalue weighted by molar-refractivity contribution is 5.94. The molecule has 0 bridgehead atoms. The number of carbonyl (C=O) groups is 1. The summed E-state index contributed by atoms with van der Waals surface area (Å²) >= 11 is 0. The largest absolute Gasteiger partial charge is 0.497 e. The zero-order valence-corrected chi connectivity index (χ0v) is 16.6. The summed E-state index contributed by atoms with van der Waals surface area (Å²) in [5.74, 6) is 2.11. The summed E-state index contributed by atoms with van der Waals surface area (Å²) in [5, 5.41) is 9.30. The molecule has 28 heavy (non-hydrogen) atoms. The quantitative estimate of drug-likeness (QED) is 0.351. The lowest BCUT2D eigenvalue weighted by Crippen LogP contribution is -2.41. The van der Waals surface area contributed by atoms with E-state index < -0.39 is 0 Å². The van der Waals surface area contributed by atoms with Gasteiger partial charge in [0.05, 0.1) is 13.7 Å². The molecule has 0 saturated carbocycles. The molecule has 0 aliphatic carbocycles. The van der Waals surface area contributed by atoms with E-state index >= 15 is 0 Å². The lowest BCUT2D eigenvalue weighted by molar-refractivity contribution is 0.0954. The van der Waals surface area contributed by atoms with Crippen molar-refractivity contribution in [2.24, 2.45) is 4.99 Å². The Hall–Kier alpha value is -3.22. The van der Waals surface area contributed by atoms with E-state index in [1.165, 1.54) is 0 Å². The van der Waals surface area contributed by atoms with Gasteiger partial charge in [0, 0.05) is 37.8 Å². The molecule has 0 aliphatic heterocycles. The highest BCUT2D eigenvalue weighted by atomic mass is 16.5. The van der Waals surface area contributed by atoms with Gasteiger partial charge in [-0.25, -0.2) is 0 Å². The molecule has 2 rings (SSSR count). The Morgan fingerprint density at radius 1 is 1.00 bits per heavy atom. The van der Waals surface area contributed by atoms with Gasteiger partial charge in [0.15, 0.2) is 5.96 Å². The Morgan fingerprint density at radius 3 is 2.39 bits per heavy atom. The SMILES string of the molecule is CCOc1ccccc1CNC(=NC)NCCNC(=O)c1ccc(OC)cc1. The van der Waals surface area contributed by atoms with Gasteiger partial charge in [-0.3, -0.25) is 9.79 Å². The molecule has 0 heterocycles. The highest BCUT2D eigenvalue weighted by Gasteiger charge is 2.06. The van der Waals surface area contributed by atoms with Crippen LogP contribution in [0.15, 0.2) is 53.5 Å². The number of guanidine groups is 1. The van der Waals surface area contributed by atoms with Gasteiger partial charge in [-0.05, 0) is 37.3 Å². The summed E-state index contributed by atoms with van der Waals surface area (Å²) < 4.78 is 10.7. The van der Waals surface area contributed by atoms with Gasteiger partial charge in [0.25, 0.3) is 5.91 Å². The molecule has 1 amide bonds. The van der Waals surface area contributed by atoms with Gasteiger partial charge < -0.3 is 25.4 Å². The maximum Gasteiger partial charge on any atom is 0.251 e. The predicted molar refractivity (Wildman–Crippen MR) is 111 cm³/mol. The topological polar surface area (TPSA) is 84.0 Å². The zero-order chi connectivity index (χ0) is 20.2. The van der Waals surface area contributed by atoms with Crippen molar-refractivity contribution in [2.75, 3.05) is 33.9 Å². The van der Waals surface area contributed by atoms with Gasteiger partial charge in [-0.1, -0.05) is 18.2 Å². The van der Waals surface area contributed by atoms with Crippen LogP contribution >= 0.6 is 0 Å². The number of rotatable bonds is 9. The van der Waals surface area contributed by atoms with Crippen LogP contribution in [-0.4, -0.2) is 45.7 Å². The second-order valence-corrected chi connectivity index (χ2v) is 5.88. The van der Waals surface area contributed by atoms with Crippen molar-refractivity contribution in [1.29, 1.82) is 0 Å². The summed E-state index contributed by atoms with van der Waals surface area (Å²) in [6.07, 6.45) is 0. The van der Waals surface area contributed by atoms with Crippen molar-refractivity contribution in [3.05, 3.63) is 59.7 Å². The first kappa shape index (κ1) is 21.1. The molecule has 0 saturated heterocycles. The number of methoxy groups -OCH3 is 1. The number of benzene rings is 2. The van der Waals surface area contributed by atoms with Crippen LogP contribution in [-0.2, 0) is 6.54 Å². The number of carbonyl (C=O) groups excluding carboxylic acids is 1. The lowest BCUT2D eigenvalue weighted by atomic mass is 10.2. The van der Waals surface area contributed by atoms with Crippen molar-refractivity contribution in [3.8, 4) is 11.5 Å². The van der Waals surface area contributed by atoms with Gasteiger partial charge in [0.2, 0.25) is 0 Å². The predicted octanol–water partition coefficient (Wildman–Crippen LogP) is 2.19. The van der Waals surface area contributed by atoms with Crippen molar-refractivity contribution in [3.63, 3.8) is 0 Å². The molecule has 2 aromatic rings. The van der Waals surface area contributed by atoms with Crippen LogP contribution in [0.4, 0.5) is 0 Å². The van der Waals surface area contributed by atoms with Gasteiger partial charge >= 0.3 is 0 Å². The van der Waals surface area contributed by atoms with E-state index in [0.717, 1.165) is 17.1 Å². The molecular weight excluding hydrogens is 356 g/mol. The summed E-state index contributed by atoms with van der Waals surface area (Å²) in [5.41, 5.74) is 1.65. The molecule has 7 nitrogen and oxygen atoms in total. The zero-order valence-electron chi connectivity index (χ0n) is 16.6. The summed E-state index contributed by atoms with van der Waals surface area (Å²) in [4.78, 5) is 16.3. The number of amides is 1.